The number of nitrogens with two attached hydrogens (primary N) is 1. The van der Waals surface area contributed by atoms with Crippen molar-refractivity contribution in [3.8, 4) is 0 Å². The Morgan fingerprint density at radius 1 is 1.32 bits per heavy atom. The average Bonchev–Trinajstić information content (AvgIpc) is 2.42. The van der Waals surface area contributed by atoms with E-state index in [1.165, 1.54) is 19.3 Å². The molecule has 1 aromatic carbocycles. The molecule has 1 aliphatic carbocycles. The number of hydrogen-bond acceptors (Lipinski definition) is 2. The Bertz CT molecular complexity index is 458. The van der Waals surface area contributed by atoms with Gasteiger partial charge >= 0.3 is 0 Å². The summed E-state index contributed by atoms with van der Waals surface area (Å²) >= 11 is 8.41. The molecule has 1 fully saturated rings. The van der Waals surface area contributed by atoms with Gasteiger partial charge in [-0.3, -0.25) is 5.43 Å². The Morgan fingerprint density at radius 3 is 2.68 bits per heavy atom. The van der Waals surface area contributed by atoms with E-state index in [1.54, 1.807) is 0 Å². The zero-order valence-corrected chi connectivity index (χ0v) is 13.5. The van der Waals surface area contributed by atoms with Crippen molar-refractivity contribution in [2.75, 3.05) is 5.32 Å². The molecule has 0 unspecified atom stereocenters. The van der Waals surface area contributed by atoms with Crippen LogP contribution in [-0.4, -0.2) is 12.0 Å². The van der Waals surface area contributed by atoms with E-state index in [9.17, 15) is 0 Å². The molecular formula is C13H18ClIN4. The van der Waals surface area contributed by atoms with E-state index in [0.29, 0.717) is 17.0 Å². The van der Waals surface area contributed by atoms with E-state index in [2.05, 4.69) is 38.3 Å². The molecule has 0 amide bonds. The summed E-state index contributed by atoms with van der Waals surface area (Å²) in [4.78, 5) is 4.62. The van der Waals surface area contributed by atoms with Gasteiger partial charge in [0.25, 0.3) is 0 Å². The number of anilines is 1. The lowest BCUT2D eigenvalue weighted by Gasteiger charge is -2.19. The van der Waals surface area contributed by atoms with E-state index < -0.39 is 0 Å². The first-order chi connectivity index (χ1) is 9.19. The van der Waals surface area contributed by atoms with Crippen molar-refractivity contribution in [1.29, 1.82) is 0 Å². The van der Waals surface area contributed by atoms with Gasteiger partial charge in [0.05, 0.1) is 16.8 Å². The Kier molecular flexibility index (Phi) is 5.72. The van der Waals surface area contributed by atoms with Gasteiger partial charge < -0.3 is 5.32 Å². The van der Waals surface area contributed by atoms with E-state index in [-0.39, 0.29) is 0 Å². The molecule has 19 heavy (non-hydrogen) atoms. The third-order valence-electron chi connectivity index (χ3n) is 3.21. The van der Waals surface area contributed by atoms with Crippen LogP contribution >= 0.6 is 34.2 Å². The van der Waals surface area contributed by atoms with Crippen molar-refractivity contribution in [2.45, 2.75) is 38.1 Å². The van der Waals surface area contributed by atoms with E-state index in [4.69, 9.17) is 17.4 Å². The molecule has 0 radical (unpaired) electrons. The first-order valence-electron chi connectivity index (χ1n) is 6.45. The highest BCUT2D eigenvalue weighted by molar-refractivity contribution is 14.1. The zero-order valence-electron chi connectivity index (χ0n) is 10.6. The van der Waals surface area contributed by atoms with E-state index in [0.717, 1.165) is 22.1 Å². The summed E-state index contributed by atoms with van der Waals surface area (Å²) < 4.78 is 1.10. The molecule has 0 atom stereocenters. The fraction of sp³-hybridized carbons (Fsp3) is 0.462. The summed E-state index contributed by atoms with van der Waals surface area (Å²) in [7, 11) is 0. The highest BCUT2D eigenvalue weighted by atomic mass is 127. The number of guanidine groups is 1. The Hall–Kier alpha value is -0.530. The molecule has 6 heteroatoms. The Morgan fingerprint density at radius 2 is 2.05 bits per heavy atom. The lowest BCUT2D eigenvalue weighted by Crippen LogP contribution is -2.37. The van der Waals surface area contributed by atoms with Crippen LogP contribution in [0.1, 0.15) is 32.1 Å². The monoisotopic (exact) mass is 392 g/mol. The average molecular weight is 393 g/mol. The highest BCUT2D eigenvalue weighted by Gasteiger charge is 2.13. The summed E-state index contributed by atoms with van der Waals surface area (Å²) in [5, 5.41) is 3.82. The van der Waals surface area contributed by atoms with Crippen LogP contribution in [0.4, 0.5) is 5.69 Å². The summed E-state index contributed by atoms with van der Waals surface area (Å²) in [6, 6.07) is 6.18. The quantitative estimate of drug-likeness (QED) is 0.237. The summed E-state index contributed by atoms with van der Waals surface area (Å²) in [6.07, 6.45) is 6.07. The van der Waals surface area contributed by atoms with Crippen LogP contribution in [0.5, 0.6) is 0 Å². The highest BCUT2D eigenvalue weighted by Crippen LogP contribution is 2.24. The van der Waals surface area contributed by atoms with E-state index >= 15 is 0 Å². The van der Waals surface area contributed by atoms with Gasteiger partial charge in [0.2, 0.25) is 5.96 Å². The van der Waals surface area contributed by atoms with Gasteiger partial charge in [-0.15, -0.1) is 0 Å². The van der Waals surface area contributed by atoms with Crippen molar-refractivity contribution in [1.82, 2.24) is 5.43 Å². The van der Waals surface area contributed by atoms with Crippen LogP contribution < -0.4 is 16.6 Å². The fourth-order valence-corrected chi connectivity index (χ4v) is 3.12. The van der Waals surface area contributed by atoms with Crippen LogP contribution in [0.25, 0.3) is 0 Å². The molecule has 4 N–H and O–H groups in total. The molecule has 0 heterocycles. The van der Waals surface area contributed by atoms with Crippen molar-refractivity contribution in [3.63, 3.8) is 0 Å². The van der Waals surface area contributed by atoms with Crippen LogP contribution in [0.2, 0.25) is 5.02 Å². The normalized spacial score (nSPS) is 17.3. The third-order valence-corrected chi connectivity index (χ3v) is 4.19. The predicted molar refractivity (Wildman–Crippen MR) is 89.4 cm³/mol. The number of benzene rings is 1. The number of nitrogens with zero attached hydrogens (tertiary/aromatic N) is 1. The second kappa shape index (κ2) is 7.31. The number of hydrogen-bond donors (Lipinski definition) is 3. The van der Waals surface area contributed by atoms with Crippen molar-refractivity contribution < 1.29 is 0 Å². The Labute approximate surface area is 132 Å². The van der Waals surface area contributed by atoms with Crippen molar-refractivity contribution >= 4 is 45.8 Å². The standard InChI is InChI=1S/C13H18ClIN4/c14-11-8-9(15)6-7-12(11)18-13(19-16)17-10-4-2-1-3-5-10/h6-8,10H,1-5,16H2,(H2,17,18,19). The second-order valence-electron chi connectivity index (χ2n) is 4.66. The molecule has 1 aliphatic rings. The molecule has 0 aromatic heterocycles. The topological polar surface area (TPSA) is 62.4 Å². The molecule has 0 bridgehead atoms. The van der Waals surface area contributed by atoms with Gasteiger partial charge in [-0.05, 0) is 53.6 Å². The van der Waals surface area contributed by atoms with Gasteiger partial charge in [0, 0.05) is 3.57 Å². The lowest BCUT2D eigenvalue weighted by molar-refractivity contribution is 0.442. The molecule has 4 nitrogen and oxygen atoms in total. The first kappa shape index (κ1) is 14.9. The SMILES string of the molecule is NNC(=NC1CCCCC1)Nc1ccc(I)cc1Cl. The molecule has 1 saturated carbocycles. The van der Waals surface area contributed by atoms with Crippen LogP contribution in [0, 0.1) is 3.57 Å². The largest absolute Gasteiger partial charge is 0.324 e. The van der Waals surface area contributed by atoms with Crippen LogP contribution in [0.3, 0.4) is 0 Å². The third kappa shape index (κ3) is 4.50. The lowest BCUT2D eigenvalue weighted by atomic mass is 9.96. The summed E-state index contributed by atoms with van der Waals surface area (Å²) in [6.45, 7) is 0. The van der Waals surface area contributed by atoms with Crippen LogP contribution in [-0.2, 0) is 0 Å². The number of nitrogens with one attached hydrogen (secondary N) is 2. The van der Waals surface area contributed by atoms with Crippen molar-refractivity contribution in [3.05, 3.63) is 26.8 Å². The number of rotatable bonds is 2. The minimum atomic E-state index is 0.356. The summed E-state index contributed by atoms with van der Waals surface area (Å²) in [5.74, 6) is 6.11. The van der Waals surface area contributed by atoms with Crippen molar-refractivity contribution in [2.24, 2.45) is 10.8 Å². The second-order valence-corrected chi connectivity index (χ2v) is 6.32. The number of aliphatic imine (C=N–C) groups is 1. The van der Waals surface area contributed by atoms with Gasteiger partial charge in [0.15, 0.2) is 0 Å². The molecule has 2 rings (SSSR count). The maximum absolute atomic E-state index is 6.18. The zero-order chi connectivity index (χ0) is 13.7. The predicted octanol–water partition coefficient (Wildman–Crippen LogP) is 3.51. The minimum absolute atomic E-state index is 0.356. The molecule has 1 aromatic rings. The molecule has 0 saturated heterocycles. The molecule has 0 spiro atoms. The number of halogens is 2. The maximum Gasteiger partial charge on any atom is 0.210 e. The summed E-state index contributed by atoms with van der Waals surface area (Å²) in [5.41, 5.74) is 3.43. The number of hydrazine groups is 1. The molecule has 0 aliphatic heterocycles. The maximum atomic E-state index is 6.18. The van der Waals surface area contributed by atoms with Gasteiger partial charge in [-0.1, -0.05) is 30.9 Å². The van der Waals surface area contributed by atoms with E-state index in [1.807, 2.05) is 18.2 Å². The van der Waals surface area contributed by atoms with Gasteiger partial charge in [-0.25, -0.2) is 10.8 Å². The minimum Gasteiger partial charge on any atom is -0.324 e. The fourth-order valence-electron chi connectivity index (χ4n) is 2.22. The molecule has 104 valence electrons. The van der Waals surface area contributed by atoms with Gasteiger partial charge in [-0.2, -0.15) is 0 Å². The smallest absolute Gasteiger partial charge is 0.210 e. The first-order valence-corrected chi connectivity index (χ1v) is 7.91. The van der Waals surface area contributed by atoms with Gasteiger partial charge in [0.1, 0.15) is 0 Å². The molecular weight excluding hydrogens is 375 g/mol. The van der Waals surface area contributed by atoms with Crippen LogP contribution in [0.15, 0.2) is 23.2 Å². The Balaban J connectivity index is 2.07.